The van der Waals surface area contributed by atoms with Gasteiger partial charge in [0.2, 0.25) is 5.56 Å². The second-order valence-electron chi connectivity index (χ2n) is 8.07. The molecule has 1 aromatic heterocycles. The van der Waals surface area contributed by atoms with Crippen LogP contribution in [0.1, 0.15) is 51.4 Å². The normalized spacial score (nSPS) is 17.4. The molecule has 29 heavy (non-hydrogen) atoms. The highest BCUT2D eigenvalue weighted by atomic mass is 16.5. The first-order valence-corrected chi connectivity index (χ1v) is 10.8. The van der Waals surface area contributed by atoms with Crippen molar-refractivity contribution in [2.45, 2.75) is 63.5 Å². The number of nitrogens with one attached hydrogen (secondary N) is 3. The molecule has 2 fully saturated rings. The van der Waals surface area contributed by atoms with Gasteiger partial charge in [0.05, 0.1) is 6.61 Å². The molecule has 0 saturated heterocycles. The number of carbonyl (C=O) groups is 1. The van der Waals surface area contributed by atoms with Crippen molar-refractivity contribution in [2.24, 2.45) is 0 Å². The highest BCUT2D eigenvalue weighted by molar-refractivity contribution is 5.79. The summed E-state index contributed by atoms with van der Waals surface area (Å²) in [5.41, 5.74) is 3.78. The molecular weight excluding hydrogens is 368 g/mol. The minimum Gasteiger partial charge on any atom is -0.494 e. The second kappa shape index (κ2) is 9.31. The van der Waals surface area contributed by atoms with E-state index in [0.717, 1.165) is 23.1 Å². The minimum absolute atomic E-state index is 0.112. The number of hydrazine groups is 1. The van der Waals surface area contributed by atoms with E-state index in [4.69, 9.17) is 4.74 Å². The van der Waals surface area contributed by atoms with Crippen LogP contribution in [0.5, 0.6) is 5.75 Å². The lowest BCUT2D eigenvalue weighted by Crippen LogP contribution is -2.53. The summed E-state index contributed by atoms with van der Waals surface area (Å²) in [6.07, 6.45) is 9.31. The van der Waals surface area contributed by atoms with Gasteiger partial charge < -0.3 is 15.0 Å². The molecule has 4 rings (SSSR count). The maximum Gasteiger partial charge on any atom is 0.329 e. The molecule has 2 saturated carbocycles. The Balaban J connectivity index is 1.17. The van der Waals surface area contributed by atoms with Crippen molar-refractivity contribution in [3.05, 3.63) is 40.7 Å². The number of urea groups is 1. The average molecular weight is 399 g/mol. The van der Waals surface area contributed by atoms with Gasteiger partial charge in [-0.3, -0.25) is 10.2 Å². The Morgan fingerprint density at radius 1 is 1.07 bits per heavy atom. The molecule has 0 spiro atoms. The van der Waals surface area contributed by atoms with Crippen LogP contribution in [0.3, 0.4) is 0 Å². The molecule has 7 heteroatoms. The van der Waals surface area contributed by atoms with Crippen LogP contribution >= 0.6 is 0 Å². The largest absolute Gasteiger partial charge is 0.494 e. The van der Waals surface area contributed by atoms with Gasteiger partial charge in [0.25, 0.3) is 0 Å². The van der Waals surface area contributed by atoms with Crippen LogP contribution in [0.2, 0.25) is 0 Å². The maximum atomic E-state index is 12.3. The van der Waals surface area contributed by atoms with Gasteiger partial charge in [-0.1, -0.05) is 19.3 Å². The number of aromatic nitrogens is 1. The molecule has 0 bridgehead atoms. The Morgan fingerprint density at radius 2 is 1.86 bits per heavy atom. The molecule has 156 valence electrons. The third-order valence-electron chi connectivity index (χ3n) is 5.71. The molecule has 1 aromatic carbocycles. The van der Waals surface area contributed by atoms with Crippen LogP contribution in [0.25, 0.3) is 10.9 Å². The molecule has 0 unspecified atom stereocenters. The Bertz CT molecular complexity index is 887. The molecule has 1 heterocycles. The van der Waals surface area contributed by atoms with E-state index in [1.54, 1.807) is 6.07 Å². The molecule has 7 nitrogen and oxygen atoms in total. The van der Waals surface area contributed by atoms with Crippen LogP contribution in [0.15, 0.2) is 35.1 Å². The lowest BCUT2D eigenvalue weighted by molar-refractivity contribution is 0.0967. The zero-order chi connectivity index (χ0) is 20.1. The molecule has 0 aliphatic heterocycles. The lowest BCUT2D eigenvalue weighted by Gasteiger charge is -2.34. The molecule has 3 N–H and O–H groups in total. The Morgan fingerprint density at radius 3 is 2.66 bits per heavy atom. The fraction of sp³-hybridized carbons (Fsp3) is 0.545. The summed E-state index contributed by atoms with van der Waals surface area (Å²) >= 11 is 0. The summed E-state index contributed by atoms with van der Waals surface area (Å²) in [6.45, 7) is 1.08. The fourth-order valence-electron chi connectivity index (χ4n) is 4.04. The number of amides is 2. The zero-order valence-corrected chi connectivity index (χ0v) is 16.8. The van der Waals surface area contributed by atoms with Crippen molar-refractivity contribution in [3.8, 4) is 5.75 Å². The van der Waals surface area contributed by atoms with Gasteiger partial charge in [-0.25, -0.2) is 9.80 Å². The SMILES string of the molecule is O=C(NCCCOc1ccc2[nH]c(=O)ccc2c1)NN(C1CCCCC1)C1CC1. The monoisotopic (exact) mass is 398 g/mol. The number of hydrogen-bond acceptors (Lipinski definition) is 4. The number of pyridine rings is 1. The first kappa shape index (κ1) is 19.8. The third-order valence-corrected chi connectivity index (χ3v) is 5.71. The van der Waals surface area contributed by atoms with E-state index in [0.29, 0.717) is 25.2 Å². The number of hydrogen-bond donors (Lipinski definition) is 3. The third kappa shape index (κ3) is 5.50. The van der Waals surface area contributed by atoms with Gasteiger partial charge in [-0.15, -0.1) is 0 Å². The van der Waals surface area contributed by atoms with Crippen LogP contribution in [0, 0.1) is 0 Å². The topological polar surface area (TPSA) is 86.5 Å². The minimum atomic E-state index is -0.114. The first-order valence-electron chi connectivity index (χ1n) is 10.8. The number of nitrogens with zero attached hydrogens (tertiary/aromatic N) is 1. The van der Waals surface area contributed by atoms with Crippen LogP contribution in [0.4, 0.5) is 4.79 Å². The van der Waals surface area contributed by atoms with E-state index in [9.17, 15) is 9.59 Å². The van der Waals surface area contributed by atoms with E-state index in [2.05, 4.69) is 20.7 Å². The fourth-order valence-corrected chi connectivity index (χ4v) is 4.04. The number of rotatable bonds is 8. The van der Waals surface area contributed by atoms with E-state index in [1.165, 1.54) is 51.0 Å². The number of benzene rings is 1. The van der Waals surface area contributed by atoms with Crippen molar-refractivity contribution in [3.63, 3.8) is 0 Å². The first-order chi connectivity index (χ1) is 14.2. The summed E-state index contributed by atoms with van der Waals surface area (Å²) in [7, 11) is 0. The standard InChI is InChI=1S/C22H30N4O3/c27-21-12-7-16-15-19(10-11-20(16)24-21)29-14-4-13-23-22(28)25-26(18-8-9-18)17-5-2-1-3-6-17/h7,10-12,15,17-18H,1-6,8-9,13-14H2,(H,24,27)(H2,23,25,28). The number of carbonyl (C=O) groups excluding carboxylic acids is 1. The molecule has 0 radical (unpaired) electrons. The molecule has 2 aromatic rings. The highest BCUT2D eigenvalue weighted by Gasteiger charge is 2.35. The Labute approximate surface area is 170 Å². The van der Waals surface area contributed by atoms with Crippen molar-refractivity contribution < 1.29 is 9.53 Å². The quantitative estimate of drug-likeness (QED) is 0.470. The second-order valence-corrected chi connectivity index (χ2v) is 8.07. The summed E-state index contributed by atoms with van der Waals surface area (Å²) in [4.78, 5) is 26.4. The van der Waals surface area contributed by atoms with Crippen LogP contribution in [-0.4, -0.2) is 41.3 Å². The number of aromatic amines is 1. The Kier molecular flexibility index (Phi) is 6.34. The maximum absolute atomic E-state index is 12.3. The van der Waals surface area contributed by atoms with Crippen LogP contribution in [-0.2, 0) is 0 Å². The summed E-state index contributed by atoms with van der Waals surface area (Å²) in [5, 5.41) is 6.09. The van der Waals surface area contributed by atoms with E-state index in [1.807, 2.05) is 18.2 Å². The smallest absolute Gasteiger partial charge is 0.329 e. The average Bonchev–Trinajstić information content (AvgIpc) is 3.57. The molecular formula is C22H30N4O3. The summed E-state index contributed by atoms with van der Waals surface area (Å²) < 4.78 is 5.78. The number of fused-ring (bicyclic) bond motifs is 1. The molecule has 0 atom stereocenters. The van der Waals surface area contributed by atoms with E-state index < -0.39 is 0 Å². The number of H-pyrrole nitrogens is 1. The highest BCUT2D eigenvalue weighted by Crippen LogP contribution is 2.32. The van der Waals surface area contributed by atoms with Crippen molar-refractivity contribution in [2.75, 3.05) is 13.2 Å². The Hall–Kier alpha value is -2.54. The molecule has 2 aliphatic carbocycles. The van der Waals surface area contributed by atoms with Gasteiger partial charge in [-0.05, 0) is 56.4 Å². The van der Waals surface area contributed by atoms with Gasteiger partial charge in [0.15, 0.2) is 0 Å². The van der Waals surface area contributed by atoms with Gasteiger partial charge in [0.1, 0.15) is 5.75 Å². The molecule has 2 amide bonds. The predicted molar refractivity (Wildman–Crippen MR) is 113 cm³/mol. The van der Waals surface area contributed by atoms with Gasteiger partial charge in [-0.2, -0.15) is 0 Å². The summed E-state index contributed by atoms with van der Waals surface area (Å²) in [6, 6.07) is 9.78. The molecule has 2 aliphatic rings. The predicted octanol–water partition coefficient (Wildman–Crippen LogP) is 3.31. The summed E-state index contributed by atoms with van der Waals surface area (Å²) in [5.74, 6) is 0.756. The number of ether oxygens (including phenoxy) is 1. The van der Waals surface area contributed by atoms with E-state index in [-0.39, 0.29) is 11.6 Å². The lowest BCUT2D eigenvalue weighted by atomic mass is 9.95. The van der Waals surface area contributed by atoms with Gasteiger partial charge >= 0.3 is 6.03 Å². The van der Waals surface area contributed by atoms with Crippen molar-refractivity contribution in [1.29, 1.82) is 0 Å². The van der Waals surface area contributed by atoms with E-state index >= 15 is 0 Å². The zero-order valence-electron chi connectivity index (χ0n) is 16.8. The van der Waals surface area contributed by atoms with Gasteiger partial charge in [0, 0.05) is 35.6 Å². The van der Waals surface area contributed by atoms with Crippen molar-refractivity contribution >= 4 is 16.9 Å². The van der Waals surface area contributed by atoms with Crippen molar-refractivity contribution in [1.82, 2.24) is 20.7 Å². The van der Waals surface area contributed by atoms with Crippen LogP contribution < -0.4 is 21.0 Å².